The minimum Gasteiger partial charge on any atom is -0.495 e. The van der Waals surface area contributed by atoms with Crippen LogP contribution in [0.2, 0.25) is 0 Å². The van der Waals surface area contributed by atoms with Gasteiger partial charge in [0.15, 0.2) is 11.5 Å². The molecule has 0 unspecified atom stereocenters. The second kappa shape index (κ2) is 8.75. The Morgan fingerprint density at radius 1 is 1.10 bits per heavy atom. The van der Waals surface area contributed by atoms with Gasteiger partial charge in [-0.1, -0.05) is 25.1 Å². The summed E-state index contributed by atoms with van der Waals surface area (Å²) >= 11 is 0. The number of urea groups is 1. The van der Waals surface area contributed by atoms with Crippen molar-refractivity contribution >= 4 is 17.6 Å². The lowest BCUT2D eigenvalue weighted by atomic mass is 9.79. The summed E-state index contributed by atoms with van der Waals surface area (Å²) in [6.07, 6.45) is 1.19. The zero-order chi connectivity index (χ0) is 21.8. The first kappa shape index (κ1) is 20.8. The summed E-state index contributed by atoms with van der Waals surface area (Å²) in [6, 6.07) is 12.8. The number of anilines is 1. The van der Waals surface area contributed by atoms with Crippen LogP contribution in [-0.2, 0) is 11.3 Å². The van der Waals surface area contributed by atoms with Gasteiger partial charge in [-0.15, -0.1) is 0 Å². The van der Waals surface area contributed by atoms with E-state index in [9.17, 15) is 9.59 Å². The highest BCUT2D eigenvalue weighted by atomic mass is 16.7. The Hall–Kier alpha value is -3.42. The fourth-order valence-electron chi connectivity index (χ4n) is 3.82. The molecule has 0 spiro atoms. The SMILES string of the molecule is COc1ccccc1NC(=O)N1CCC(C)(C(=O)NCc2ccc3c(c2)OCO3)CC1. The number of rotatable bonds is 5. The van der Waals surface area contributed by atoms with E-state index < -0.39 is 5.41 Å². The number of ether oxygens (including phenoxy) is 3. The summed E-state index contributed by atoms with van der Waals surface area (Å²) in [6.45, 7) is 3.62. The molecule has 0 atom stereocenters. The first-order valence-electron chi connectivity index (χ1n) is 10.3. The maximum absolute atomic E-state index is 12.9. The van der Waals surface area contributed by atoms with Crippen LogP contribution in [0.5, 0.6) is 17.2 Å². The number of likely N-dealkylation sites (tertiary alicyclic amines) is 1. The Bertz CT molecular complexity index is 969. The van der Waals surface area contributed by atoms with E-state index in [1.54, 1.807) is 24.1 Å². The van der Waals surface area contributed by atoms with Crippen LogP contribution in [-0.4, -0.2) is 43.8 Å². The van der Waals surface area contributed by atoms with Crippen LogP contribution in [0.1, 0.15) is 25.3 Å². The van der Waals surface area contributed by atoms with Gasteiger partial charge < -0.3 is 29.7 Å². The molecular weight excluding hydrogens is 398 g/mol. The van der Waals surface area contributed by atoms with E-state index >= 15 is 0 Å². The molecule has 2 aliphatic heterocycles. The first-order chi connectivity index (χ1) is 15.0. The van der Waals surface area contributed by atoms with E-state index in [-0.39, 0.29) is 18.7 Å². The Labute approximate surface area is 181 Å². The fraction of sp³-hybridized carbons (Fsp3) is 0.391. The first-order valence-corrected chi connectivity index (χ1v) is 10.3. The lowest BCUT2D eigenvalue weighted by Crippen LogP contribution is -2.49. The van der Waals surface area contributed by atoms with Gasteiger partial charge in [0, 0.05) is 25.0 Å². The lowest BCUT2D eigenvalue weighted by Gasteiger charge is -2.38. The Kier molecular flexibility index (Phi) is 5.88. The van der Waals surface area contributed by atoms with Crippen LogP contribution in [0.25, 0.3) is 0 Å². The number of amides is 3. The van der Waals surface area contributed by atoms with Crippen LogP contribution < -0.4 is 24.8 Å². The fourth-order valence-corrected chi connectivity index (χ4v) is 3.82. The molecule has 0 aromatic heterocycles. The highest BCUT2D eigenvalue weighted by molar-refractivity contribution is 5.91. The van der Waals surface area contributed by atoms with Crippen molar-refractivity contribution < 1.29 is 23.8 Å². The van der Waals surface area contributed by atoms with Crippen molar-refractivity contribution in [1.82, 2.24) is 10.2 Å². The number of piperidine rings is 1. The van der Waals surface area contributed by atoms with E-state index in [1.165, 1.54) is 0 Å². The number of carbonyl (C=O) groups is 2. The van der Waals surface area contributed by atoms with E-state index in [4.69, 9.17) is 14.2 Å². The monoisotopic (exact) mass is 425 g/mol. The maximum Gasteiger partial charge on any atom is 0.321 e. The number of fused-ring (bicyclic) bond motifs is 1. The number of methoxy groups -OCH3 is 1. The largest absolute Gasteiger partial charge is 0.495 e. The molecule has 164 valence electrons. The molecule has 0 aliphatic carbocycles. The molecular formula is C23H27N3O5. The topological polar surface area (TPSA) is 89.1 Å². The number of para-hydroxylation sites is 2. The molecule has 2 N–H and O–H groups in total. The van der Waals surface area contributed by atoms with Gasteiger partial charge in [0.1, 0.15) is 5.75 Å². The standard InChI is InChI=1S/C23H27N3O5/c1-23(21(27)24-14-16-7-8-19-20(13-16)31-15-30-19)9-11-26(12-10-23)22(28)25-17-5-3-4-6-18(17)29-2/h3-8,13H,9-12,14-15H2,1-2H3,(H,24,27)(H,25,28). The third-order valence-corrected chi connectivity index (χ3v) is 5.94. The van der Waals surface area contributed by atoms with E-state index in [0.29, 0.717) is 49.7 Å². The Balaban J connectivity index is 1.29. The summed E-state index contributed by atoms with van der Waals surface area (Å²) in [5.74, 6) is 2.03. The van der Waals surface area contributed by atoms with Crippen LogP contribution in [0.15, 0.2) is 42.5 Å². The molecule has 2 heterocycles. The van der Waals surface area contributed by atoms with Gasteiger partial charge >= 0.3 is 6.03 Å². The van der Waals surface area contributed by atoms with Gasteiger partial charge in [0.05, 0.1) is 12.8 Å². The second-order valence-electron chi connectivity index (χ2n) is 8.05. The molecule has 1 saturated heterocycles. The number of hydrogen-bond acceptors (Lipinski definition) is 5. The van der Waals surface area contributed by atoms with Gasteiger partial charge in [0.2, 0.25) is 12.7 Å². The zero-order valence-corrected chi connectivity index (χ0v) is 17.8. The van der Waals surface area contributed by atoms with Crippen molar-refractivity contribution in [2.24, 2.45) is 5.41 Å². The Morgan fingerprint density at radius 3 is 2.61 bits per heavy atom. The molecule has 3 amide bonds. The lowest BCUT2D eigenvalue weighted by molar-refractivity contribution is -0.132. The molecule has 2 aromatic rings. The third kappa shape index (κ3) is 4.52. The number of benzene rings is 2. The minimum absolute atomic E-state index is 0.00467. The number of hydrogen-bond donors (Lipinski definition) is 2. The normalized spacial score (nSPS) is 16.5. The number of carbonyl (C=O) groups excluding carboxylic acids is 2. The smallest absolute Gasteiger partial charge is 0.321 e. The van der Waals surface area contributed by atoms with Gasteiger partial charge in [0.25, 0.3) is 0 Å². The van der Waals surface area contributed by atoms with Crippen LogP contribution >= 0.6 is 0 Å². The van der Waals surface area contributed by atoms with Gasteiger partial charge in [-0.3, -0.25) is 4.79 Å². The summed E-state index contributed by atoms with van der Waals surface area (Å²) in [7, 11) is 1.57. The summed E-state index contributed by atoms with van der Waals surface area (Å²) in [4.78, 5) is 27.3. The van der Waals surface area contributed by atoms with Gasteiger partial charge in [-0.05, 0) is 42.7 Å². The minimum atomic E-state index is -0.516. The second-order valence-corrected chi connectivity index (χ2v) is 8.05. The van der Waals surface area contributed by atoms with Crippen molar-refractivity contribution in [1.29, 1.82) is 0 Å². The quantitative estimate of drug-likeness (QED) is 0.767. The third-order valence-electron chi connectivity index (χ3n) is 5.94. The summed E-state index contributed by atoms with van der Waals surface area (Å²) in [5.41, 5.74) is 1.07. The van der Waals surface area contributed by atoms with Crippen LogP contribution in [0, 0.1) is 5.41 Å². The molecule has 0 bridgehead atoms. The van der Waals surface area contributed by atoms with Gasteiger partial charge in [-0.25, -0.2) is 4.79 Å². The molecule has 0 radical (unpaired) electrons. The molecule has 0 saturated carbocycles. The molecule has 31 heavy (non-hydrogen) atoms. The molecule has 4 rings (SSSR count). The molecule has 8 heteroatoms. The Morgan fingerprint density at radius 2 is 1.84 bits per heavy atom. The van der Waals surface area contributed by atoms with Crippen molar-refractivity contribution in [2.75, 3.05) is 32.3 Å². The highest BCUT2D eigenvalue weighted by Crippen LogP contribution is 2.34. The molecule has 8 nitrogen and oxygen atoms in total. The van der Waals surface area contributed by atoms with Crippen molar-refractivity contribution in [3.8, 4) is 17.2 Å². The van der Waals surface area contributed by atoms with E-state index in [1.807, 2.05) is 37.3 Å². The van der Waals surface area contributed by atoms with Gasteiger partial charge in [-0.2, -0.15) is 0 Å². The van der Waals surface area contributed by atoms with E-state index in [2.05, 4.69) is 10.6 Å². The number of nitrogens with zero attached hydrogens (tertiary/aromatic N) is 1. The predicted octanol–water partition coefficient (Wildman–Crippen LogP) is 3.37. The predicted molar refractivity (Wildman–Crippen MR) is 115 cm³/mol. The molecule has 1 fully saturated rings. The van der Waals surface area contributed by atoms with Crippen molar-refractivity contribution in [2.45, 2.75) is 26.3 Å². The maximum atomic E-state index is 12.9. The zero-order valence-electron chi connectivity index (χ0n) is 17.8. The molecule has 2 aliphatic rings. The summed E-state index contributed by atoms with van der Waals surface area (Å²) in [5, 5.41) is 5.92. The number of nitrogens with one attached hydrogen (secondary N) is 2. The highest BCUT2D eigenvalue weighted by Gasteiger charge is 2.38. The van der Waals surface area contributed by atoms with Crippen molar-refractivity contribution in [3.63, 3.8) is 0 Å². The van der Waals surface area contributed by atoms with Crippen LogP contribution in [0.4, 0.5) is 10.5 Å². The summed E-state index contributed by atoms with van der Waals surface area (Å²) < 4.78 is 16.0. The average molecular weight is 425 g/mol. The molecule has 2 aromatic carbocycles. The van der Waals surface area contributed by atoms with Crippen molar-refractivity contribution in [3.05, 3.63) is 48.0 Å². The van der Waals surface area contributed by atoms with E-state index in [0.717, 1.165) is 11.3 Å². The average Bonchev–Trinajstić information content (AvgIpc) is 3.26. The van der Waals surface area contributed by atoms with Crippen LogP contribution in [0.3, 0.4) is 0 Å².